The molecular weight excluding hydrogens is 388 g/mol. The van der Waals surface area contributed by atoms with Gasteiger partial charge in [0.2, 0.25) is 0 Å². The van der Waals surface area contributed by atoms with Crippen molar-refractivity contribution >= 4 is 39.2 Å². The smallest absolute Gasteiger partial charge is 0.410 e. The van der Waals surface area contributed by atoms with Crippen molar-refractivity contribution < 1.29 is 14.3 Å². The molecule has 29 heavy (non-hydrogen) atoms. The van der Waals surface area contributed by atoms with E-state index >= 15 is 0 Å². The summed E-state index contributed by atoms with van der Waals surface area (Å²) in [5.41, 5.74) is 0.748. The van der Waals surface area contributed by atoms with Crippen molar-refractivity contribution in [2.45, 2.75) is 39.3 Å². The van der Waals surface area contributed by atoms with Gasteiger partial charge < -0.3 is 9.64 Å². The minimum Gasteiger partial charge on any atom is -0.444 e. The molecule has 0 aliphatic carbocycles. The number of carbonyl (C=O) groups is 2. The molecule has 2 amide bonds. The first-order chi connectivity index (χ1) is 13.8. The third-order valence-electron chi connectivity index (χ3n) is 4.49. The van der Waals surface area contributed by atoms with Crippen molar-refractivity contribution in [3.05, 3.63) is 52.8 Å². The summed E-state index contributed by atoms with van der Waals surface area (Å²) in [5.74, 6) is -0.295. The number of fused-ring (bicyclic) bond motifs is 2. The Labute approximate surface area is 172 Å². The van der Waals surface area contributed by atoms with E-state index in [0.717, 1.165) is 21.3 Å². The Bertz CT molecular complexity index is 1080. The van der Waals surface area contributed by atoms with E-state index in [2.05, 4.69) is 15.3 Å². The van der Waals surface area contributed by atoms with Crippen LogP contribution >= 0.6 is 11.3 Å². The molecule has 0 atom stereocenters. The fourth-order valence-electron chi connectivity index (χ4n) is 3.19. The Balaban J connectivity index is 1.50. The maximum Gasteiger partial charge on any atom is 0.410 e. The molecule has 0 saturated carbocycles. The molecule has 2 aromatic heterocycles. The standard InChI is InChI=1S/C21H22N4O3S/c1-21(2,3)28-20(27)25-11-9-15-16(12-25)29-19(23-15)24-18(26)17-14-7-5-4-6-13(14)8-10-22-17/h4-8,10H,9,11-12H2,1-3H3,(H,23,24,26). The van der Waals surface area contributed by atoms with Crippen LogP contribution in [-0.4, -0.2) is 39.0 Å². The SMILES string of the molecule is CC(C)(C)OC(=O)N1CCc2nc(NC(=O)c3nccc4ccccc34)sc2C1. The van der Waals surface area contributed by atoms with Gasteiger partial charge in [-0.2, -0.15) is 0 Å². The normalized spacial score (nSPS) is 13.8. The van der Waals surface area contributed by atoms with Crippen LogP contribution in [0.25, 0.3) is 10.8 Å². The second-order valence-electron chi connectivity index (χ2n) is 7.88. The maximum atomic E-state index is 12.8. The molecule has 0 radical (unpaired) electrons. The predicted octanol–water partition coefficient (Wildman–Crippen LogP) is 4.24. The van der Waals surface area contributed by atoms with Gasteiger partial charge in [0.05, 0.1) is 12.2 Å². The lowest BCUT2D eigenvalue weighted by Gasteiger charge is -2.29. The number of thiazole rings is 1. The number of aromatic nitrogens is 2. The molecule has 3 heterocycles. The van der Waals surface area contributed by atoms with E-state index in [9.17, 15) is 9.59 Å². The average Bonchev–Trinajstić information content (AvgIpc) is 3.07. The summed E-state index contributed by atoms with van der Waals surface area (Å²) in [6, 6.07) is 9.51. The highest BCUT2D eigenvalue weighted by Gasteiger charge is 2.28. The summed E-state index contributed by atoms with van der Waals surface area (Å²) in [7, 11) is 0. The van der Waals surface area contributed by atoms with Crippen molar-refractivity contribution in [1.29, 1.82) is 0 Å². The fourth-order valence-corrected chi connectivity index (χ4v) is 4.21. The summed E-state index contributed by atoms with van der Waals surface area (Å²) in [5, 5.41) is 5.13. The number of nitrogens with one attached hydrogen (secondary N) is 1. The first-order valence-corrected chi connectivity index (χ1v) is 10.2. The number of carbonyl (C=O) groups excluding carboxylic acids is 2. The van der Waals surface area contributed by atoms with Crippen molar-refractivity contribution in [1.82, 2.24) is 14.9 Å². The van der Waals surface area contributed by atoms with Crippen LogP contribution in [0.4, 0.5) is 9.93 Å². The highest BCUT2D eigenvalue weighted by atomic mass is 32.1. The number of benzene rings is 1. The molecule has 1 aliphatic rings. The van der Waals surface area contributed by atoms with Crippen molar-refractivity contribution in [3.8, 4) is 0 Å². The Morgan fingerprint density at radius 1 is 1.21 bits per heavy atom. The molecular formula is C21H22N4O3S. The lowest BCUT2D eigenvalue weighted by molar-refractivity contribution is 0.0225. The first-order valence-electron chi connectivity index (χ1n) is 9.42. The highest BCUT2D eigenvalue weighted by Crippen LogP contribution is 2.29. The van der Waals surface area contributed by atoms with Crippen LogP contribution in [0.15, 0.2) is 36.5 Å². The lowest BCUT2D eigenvalue weighted by Crippen LogP contribution is -2.39. The third kappa shape index (κ3) is 4.22. The number of rotatable bonds is 2. The number of hydrogen-bond donors (Lipinski definition) is 1. The zero-order valence-corrected chi connectivity index (χ0v) is 17.4. The van der Waals surface area contributed by atoms with E-state index in [1.54, 1.807) is 11.1 Å². The Kier molecular flexibility index (Phi) is 4.96. The number of anilines is 1. The number of hydrogen-bond acceptors (Lipinski definition) is 6. The maximum absolute atomic E-state index is 12.8. The predicted molar refractivity (Wildman–Crippen MR) is 112 cm³/mol. The van der Waals surface area contributed by atoms with Gasteiger partial charge in [-0.15, -0.1) is 0 Å². The van der Waals surface area contributed by atoms with Crippen LogP contribution in [0, 0.1) is 0 Å². The van der Waals surface area contributed by atoms with Crippen LogP contribution in [0.5, 0.6) is 0 Å². The lowest BCUT2D eigenvalue weighted by atomic mass is 10.1. The minimum absolute atomic E-state index is 0.295. The van der Waals surface area contributed by atoms with Gasteiger partial charge in [-0.25, -0.2) is 9.78 Å². The fraction of sp³-hybridized carbons (Fsp3) is 0.333. The van der Waals surface area contributed by atoms with E-state index in [1.165, 1.54) is 11.3 Å². The summed E-state index contributed by atoms with van der Waals surface area (Å²) < 4.78 is 5.46. The largest absolute Gasteiger partial charge is 0.444 e. The Hall–Kier alpha value is -3.00. The second-order valence-corrected chi connectivity index (χ2v) is 8.96. The molecule has 150 valence electrons. The van der Waals surface area contributed by atoms with Gasteiger partial charge in [-0.1, -0.05) is 35.6 Å². The molecule has 3 aromatic rings. The molecule has 0 unspecified atom stereocenters. The zero-order chi connectivity index (χ0) is 20.6. The molecule has 1 aliphatic heterocycles. The molecule has 7 nitrogen and oxygen atoms in total. The number of amides is 2. The van der Waals surface area contributed by atoms with Gasteiger partial charge in [0, 0.05) is 29.4 Å². The minimum atomic E-state index is -0.532. The quantitative estimate of drug-likeness (QED) is 0.683. The van der Waals surface area contributed by atoms with Crippen molar-refractivity contribution in [2.75, 3.05) is 11.9 Å². The molecule has 1 aromatic carbocycles. The van der Waals surface area contributed by atoms with E-state index in [-0.39, 0.29) is 12.0 Å². The molecule has 8 heteroatoms. The topological polar surface area (TPSA) is 84.4 Å². The van der Waals surface area contributed by atoms with Crippen LogP contribution in [0.1, 0.15) is 41.8 Å². The van der Waals surface area contributed by atoms with Gasteiger partial charge >= 0.3 is 6.09 Å². The summed E-state index contributed by atoms with van der Waals surface area (Å²) in [6.45, 7) is 6.53. The van der Waals surface area contributed by atoms with E-state index < -0.39 is 5.60 Å². The third-order valence-corrected chi connectivity index (χ3v) is 5.49. The highest BCUT2D eigenvalue weighted by molar-refractivity contribution is 7.15. The second kappa shape index (κ2) is 7.44. The van der Waals surface area contributed by atoms with E-state index in [4.69, 9.17) is 4.74 Å². The van der Waals surface area contributed by atoms with Crippen LogP contribution < -0.4 is 5.32 Å². The number of ether oxygens (including phenoxy) is 1. The van der Waals surface area contributed by atoms with E-state index in [1.807, 2.05) is 51.1 Å². The first kappa shape index (κ1) is 19.3. The molecule has 0 spiro atoms. The van der Waals surface area contributed by atoms with Gasteiger partial charge in [0.25, 0.3) is 5.91 Å². The number of nitrogens with zero attached hydrogens (tertiary/aromatic N) is 3. The summed E-state index contributed by atoms with van der Waals surface area (Å²) >= 11 is 1.38. The van der Waals surface area contributed by atoms with Gasteiger partial charge in [-0.05, 0) is 32.2 Å². The summed E-state index contributed by atoms with van der Waals surface area (Å²) in [4.78, 5) is 36.5. The van der Waals surface area contributed by atoms with Gasteiger partial charge in [0.15, 0.2) is 5.13 Å². The molecule has 0 bridgehead atoms. The van der Waals surface area contributed by atoms with Gasteiger partial charge in [-0.3, -0.25) is 15.1 Å². The number of pyridine rings is 1. The summed E-state index contributed by atoms with van der Waals surface area (Å²) in [6.07, 6.45) is 1.93. The van der Waals surface area contributed by atoms with E-state index in [0.29, 0.717) is 30.3 Å². The van der Waals surface area contributed by atoms with Crippen LogP contribution in [0.3, 0.4) is 0 Å². The molecule has 4 rings (SSSR count). The molecule has 0 fully saturated rings. The average molecular weight is 410 g/mol. The Morgan fingerprint density at radius 3 is 2.79 bits per heavy atom. The molecule has 1 N–H and O–H groups in total. The zero-order valence-electron chi connectivity index (χ0n) is 16.6. The van der Waals surface area contributed by atoms with Gasteiger partial charge in [0.1, 0.15) is 11.3 Å². The van der Waals surface area contributed by atoms with Crippen LogP contribution in [-0.2, 0) is 17.7 Å². The van der Waals surface area contributed by atoms with Crippen molar-refractivity contribution in [2.24, 2.45) is 0 Å². The molecule has 0 saturated heterocycles. The van der Waals surface area contributed by atoms with Crippen LogP contribution in [0.2, 0.25) is 0 Å². The monoisotopic (exact) mass is 410 g/mol. The Morgan fingerprint density at radius 2 is 2.00 bits per heavy atom. The van der Waals surface area contributed by atoms with Crippen molar-refractivity contribution in [3.63, 3.8) is 0 Å².